The molecule has 4 heteroatoms. The first kappa shape index (κ1) is 11.6. The summed E-state index contributed by atoms with van der Waals surface area (Å²) < 4.78 is 0. The maximum Gasteiger partial charge on any atom is 0.187 e. The van der Waals surface area contributed by atoms with Gasteiger partial charge in [-0.3, -0.25) is 0 Å². The molecule has 0 unspecified atom stereocenters. The summed E-state index contributed by atoms with van der Waals surface area (Å²) >= 11 is 1.60. The van der Waals surface area contributed by atoms with Gasteiger partial charge in [0.25, 0.3) is 0 Å². The molecule has 0 aliphatic rings. The number of nitrogens with one attached hydrogen (secondary N) is 1. The van der Waals surface area contributed by atoms with Crippen LogP contribution in [0.4, 0.5) is 10.8 Å². The fraction of sp³-hybridized carbons (Fsp3) is 0.231. The van der Waals surface area contributed by atoms with Gasteiger partial charge in [0.1, 0.15) is 6.07 Å². The van der Waals surface area contributed by atoms with Crippen molar-refractivity contribution in [3.8, 4) is 6.07 Å². The van der Waals surface area contributed by atoms with Crippen LogP contribution in [-0.4, -0.2) is 4.98 Å². The summed E-state index contributed by atoms with van der Waals surface area (Å²) in [6.07, 6.45) is 0. The molecule has 1 aromatic carbocycles. The first-order chi connectivity index (χ1) is 8.10. The van der Waals surface area contributed by atoms with Crippen molar-refractivity contribution in [2.75, 3.05) is 5.32 Å². The molecule has 0 amide bonds. The van der Waals surface area contributed by atoms with Crippen molar-refractivity contribution in [1.29, 1.82) is 5.26 Å². The zero-order chi connectivity index (χ0) is 12.4. The standard InChI is InChI=1S/C13H13N3S/c1-8-4-5-11(7-14)12(6-8)16-13-15-9(2)10(3)17-13/h4-6H,1-3H3,(H,15,16). The van der Waals surface area contributed by atoms with Gasteiger partial charge in [-0.1, -0.05) is 6.07 Å². The normalized spacial score (nSPS) is 10.0. The van der Waals surface area contributed by atoms with Crippen LogP contribution in [0.25, 0.3) is 0 Å². The van der Waals surface area contributed by atoms with Crippen LogP contribution in [-0.2, 0) is 0 Å². The van der Waals surface area contributed by atoms with Gasteiger partial charge in [-0.2, -0.15) is 5.26 Å². The zero-order valence-corrected chi connectivity index (χ0v) is 10.9. The molecule has 0 aliphatic heterocycles. The smallest absolute Gasteiger partial charge is 0.187 e. The number of hydrogen-bond donors (Lipinski definition) is 1. The fourth-order valence-corrected chi connectivity index (χ4v) is 2.33. The Morgan fingerprint density at radius 2 is 2.06 bits per heavy atom. The van der Waals surface area contributed by atoms with Gasteiger partial charge < -0.3 is 5.32 Å². The average Bonchev–Trinajstić information content (AvgIpc) is 2.58. The van der Waals surface area contributed by atoms with Crippen molar-refractivity contribution < 1.29 is 0 Å². The summed E-state index contributed by atoms with van der Waals surface area (Å²) in [5, 5.41) is 13.1. The molecular formula is C13H13N3S. The molecule has 0 bridgehead atoms. The number of nitrogens with zero attached hydrogens (tertiary/aromatic N) is 2. The lowest BCUT2D eigenvalue weighted by atomic mass is 10.1. The van der Waals surface area contributed by atoms with Crippen molar-refractivity contribution in [3.63, 3.8) is 0 Å². The summed E-state index contributed by atoms with van der Waals surface area (Å²) in [5.41, 5.74) is 3.61. The van der Waals surface area contributed by atoms with Gasteiger partial charge in [-0.05, 0) is 38.5 Å². The molecule has 0 saturated heterocycles. The van der Waals surface area contributed by atoms with Gasteiger partial charge in [-0.25, -0.2) is 4.98 Å². The number of benzene rings is 1. The average molecular weight is 243 g/mol. The molecular weight excluding hydrogens is 230 g/mol. The minimum atomic E-state index is 0.640. The second-order valence-electron chi connectivity index (χ2n) is 3.95. The first-order valence-corrected chi connectivity index (χ1v) is 6.13. The van der Waals surface area contributed by atoms with Crippen molar-refractivity contribution in [2.45, 2.75) is 20.8 Å². The Morgan fingerprint density at radius 3 is 2.65 bits per heavy atom. The van der Waals surface area contributed by atoms with E-state index in [0.29, 0.717) is 5.56 Å². The van der Waals surface area contributed by atoms with E-state index in [1.807, 2.05) is 39.0 Å². The second kappa shape index (κ2) is 4.56. The van der Waals surface area contributed by atoms with E-state index in [0.717, 1.165) is 22.1 Å². The van der Waals surface area contributed by atoms with E-state index >= 15 is 0 Å². The third-order valence-electron chi connectivity index (χ3n) is 2.57. The predicted octanol–water partition coefficient (Wildman–Crippen LogP) is 3.68. The molecule has 86 valence electrons. The number of rotatable bonds is 2. The predicted molar refractivity (Wildman–Crippen MR) is 70.8 cm³/mol. The Labute approximate surface area is 105 Å². The number of aryl methyl sites for hydroxylation is 3. The van der Waals surface area contributed by atoms with Crippen molar-refractivity contribution in [3.05, 3.63) is 39.9 Å². The number of nitriles is 1. The van der Waals surface area contributed by atoms with Gasteiger partial charge in [-0.15, -0.1) is 11.3 Å². The molecule has 0 aliphatic carbocycles. The highest BCUT2D eigenvalue weighted by Gasteiger charge is 2.07. The highest BCUT2D eigenvalue weighted by molar-refractivity contribution is 7.15. The van der Waals surface area contributed by atoms with Crippen LogP contribution in [0.1, 0.15) is 21.7 Å². The molecule has 0 saturated carbocycles. The van der Waals surface area contributed by atoms with E-state index in [2.05, 4.69) is 16.4 Å². The maximum atomic E-state index is 9.04. The SMILES string of the molecule is Cc1ccc(C#N)c(Nc2nc(C)c(C)s2)c1. The third kappa shape index (κ3) is 2.45. The fourth-order valence-electron chi connectivity index (χ4n) is 1.50. The van der Waals surface area contributed by atoms with Crippen LogP contribution in [0.5, 0.6) is 0 Å². The van der Waals surface area contributed by atoms with E-state index in [9.17, 15) is 0 Å². The zero-order valence-electron chi connectivity index (χ0n) is 10.0. The van der Waals surface area contributed by atoms with Crippen LogP contribution in [0.2, 0.25) is 0 Å². The van der Waals surface area contributed by atoms with Gasteiger partial charge in [0.05, 0.1) is 16.9 Å². The Bertz CT molecular complexity index is 574. The molecule has 1 N–H and O–H groups in total. The Kier molecular flexibility index (Phi) is 3.12. The lowest BCUT2D eigenvalue weighted by Gasteiger charge is -2.05. The van der Waals surface area contributed by atoms with Gasteiger partial charge in [0, 0.05) is 4.88 Å². The summed E-state index contributed by atoms with van der Waals surface area (Å²) in [6.45, 7) is 6.03. The molecule has 2 rings (SSSR count). The van der Waals surface area contributed by atoms with Crippen LogP contribution in [0.15, 0.2) is 18.2 Å². The van der Waals surface area contributed by atoms with E-state index in [4.69, 9.17) is 5.26 Å². The molecule has 1 heterocycles. The maximum absolute atomic E-state index is 9.04. The van der Waals surface area contributed by atoms with Gasteiger partial charge in [0.15, 0.2) is 5.13 Å². The summed E-state index contributed by atoms with van der Waals surface area (Å²) in [6, 6.07) is 7.90. The molecule has 0 spiro atoms. The molecule has 0 atom stereocenters. The Morgan fingerprint density at radius 1 is 1.29 bits per heavy atom. The first-order valence-electron chi connectivity index (χ1n) is 5.32. The summed E-state index contributed by atoms with van der Waals surface area (Å²) in [7, 11) is 0. The van der Waals surface area contributed by atoms with Gasteiger partial charge >= 0.3 is 0 Å². The van der Waals surface area contributed by atoms with Crippen LogP contribution < -0.4 is 5.32 Å². The molecule has 0 radical (unpaired) electrons. The van der Waals surface area contributed by atoms with Crippen molar-refractivity contribution >= 4 is 22.2 Å². The number of hydrogen-bond acceptors (Lipinski definition) is 4. The van der Waals surface area contributed by atoms with Crippen LogP contribution in [0, 0.1) is 32.1 Å². The third-order valence-corrected chi connectivity index (χ3v) is 3.55. The number of anilines is 2. The number of thiazole rings is 1. The summed E-state index contributed by atoms with van der Waals surface area (Å²) in [4.78, 5) is 5.60. The van der Waals surface area contributed by atoms with E-state index in [1.54, 1.807) is 11.3 Å². The Hall–Kier alpha value is -1.86. The summed E-state index contributed by atoms with van der Waals surface area (Å²) in [5.74, 6) is 0. The Balaban J connectivity index is 2.35. The van der Waals surface area contributed by atoms with Crippen LogP contribution in [0.3, 0.4) is 0 Å². The molecule has 17 heavy (non-hydrogen) atoms. The van der Waals surface area contributed by atoms with Crippen molar-refractivity contribution in [2.24, 2.45) is 0 Å². The highest BCUT2D eigenvalue weighted by Crippen LogP contribution is 2.27. The number of aromatic nitrogens is 1. The highest BCUT2D eigenvalue weighted by atomic mass is 32.1. The van der Waals surface area contributed by atoms with Crippen LogP contribution >= 0.6 is 11.3 Å². The minimum Gasteiger partial charge on any atom is -0.330 e. The van der Waals surface area contributed by atoms with Gasteiger partial charge in [0.2, 0.25) is 0 Å². The monoisotopic (exact) mass is 243 g/mol. The molecule has 2 aromatic rings. The second-order valence-corrected chi connectivity index (χ2v) is 5.15. The molecule has 0 fully saturated rings. The topological polar surface area (TPSA) is 48.7 Å². The molecule has 3 nitrogen and oxygen atoms in total. The van der Waals surface area contributed by atoms with E-state index in [-0.39, 0.29) is 0 Å². The van der Waals surface area contributed by atoms with E-state index in [1.165, 1.54) is 4.88 Å². The lowest BCUT2D eigenvalue weighted by molar-refractivity contribution is 1.23. The minimum absolute atomic E-state index is 0.640. The quantitative estimate of drug-likeness (QED) is 0.875. The van der Waals surface area contributed by atoms with Crippen molar-refractivity contribution in [1.82, 2.24) is 4.98 Å². The molecule has 1 aromatic heterocycles. The lowest BCUT2D eigenvalue weighted by Crippen LogP contribution is -1.93. The van der Waals surface area contributed by atoms with E-state index < -0.39 is 0 Å². The largest absolute Gasteiger partial charge is 0.330 e.